The predicted molar refractivity (Wildman–Crippen MR) is 94.0 cm³/mol. The Kier molecular flexibility index (Phi) is 4.33. The number of hydrogen-bond acceptors (Lipinski definition) is 2. The molecule has 0 unspecified atom stereocenters. The highest BCUT2D eigenvalue weighted by molar-refractivity contribution is 5.65. The van der Waals surface area contributed by atoms with Gasteiger partial charge in [-0.3, -0.25) is 4.39 Å². The van der Waals surface area contributed by atoms with Gasteiger partial charge in [0.25, 0.3) is 0 Å². The van der Waals surface area contributed by atoms with Crippen LogP contribution < -0.4 is 4.90 Å². The molecule has 0 aliphatic carbocycles. The molecule has 1 aromatic carbocycles. The minimum atomic E-state index is -0.273. The minimum Gasteiger partial charge on any atom is -0.378 e. The van der Waals surface area contributed by atoms with Crippen LogP contribution in [-0.4, -0.2) is 30.2 Å². The van der Waals surface area contributed by atoms with Crippen LogP contribution >= 0.6 is 0 Å². The molecule has 0 amide bonds. The van der Waals surface area contributed by atoms with Crippen molar-refractivity contribution in [2.45, 2.75) is 19.8 Å². The Morgan fingerprint density at radius 2 is 1.87 bits per heavy atom. The Morgan fingerprint density at radius 1 is 1.13 bits per heavy atom. The molecule has 3 aromatic rings. The number of rotatable bonds is 5. The first-order valence-corrected chi connectivity index (χ1v) is 7.90. The lowest BCUT2D eigenvalue weighted by Gasteiger charge is -2.12. The van der Waals surface area contributed by atoms with Crippen molar-refractivity contribution in [2.75, 3.05) is 25.7 Å². The van der Waals surface area contributed by atoms with Gasteiger partial charge in [0.15, 0.2) is 0 Å². The van der Waals surface area contributed by atoms with Gasteiger partial charge in [-0.15, -0.1) is 0 Å². The summed E-state index contributed by atoms with van der Waals surface area (Å²) in [6, 6.07) is 10.4. The number of nitrogens with zero attached hydrogens (tertiary/aromatic N) is 3. The number of aromatic nitrogens is 2. The highest BCUT2D eigenvalue weighted by Gasteiger charge is 2.08. The van der Waals surface area contributed by atoms with Gasteiger partial charge < -0.3 is 9.30 Å². The number of benzene rings is 1. The van der Waals surface area contributed by atoms with Crippen molar-refractivity contribution in [3.63, 3.8) is 0 Å². The van der Waals surface area contributed by atoms with Gasteiger partial charge in [-0.25, -0.2) is 4.98 Å². The molecule has 120 valence electrons. The Bertz CT molecular complexity index is 803. The fourth-order valence-electron chi connectivity index (χ4n) is 2.76. The van der Waals surface area contributed by atoms with Crippen molar-refractivity contribution in [1.29, 1.82) is 0 Å². The van der Waals surface area contributed by atoms with Crippen LogP contribution in [-0.2, 0) is 6.42 Å². The third-order valence-corrected chi connectivity index (χ3v) is 4.17. The standard InChI is InChI=1S/C19H22FN3/c1-14-11-19-21-18(13-23(19)12-16(14)5-4-10-20)15-6-8-17(9-7-15)22(2)3/h6-9,11-13H,4-5,10H2,1-3H3. The van der Waals surface area contributed by atoms with E-state index >= 15 is 0 Å². The maximum absolute atomic E-state index is 12.4. The lowest BCUT2D eigenvalue weighted by Crippen LogP contribution is -2.07. The van der Waals surface area contributed by atoms with Gasteiger partial charge >= 0.3 is 0 Å². The largest absolute Gasteiger partial charge is 0.378 e. The number of aryl methyl sites for hydroxylation is 2. The lowest BCUT2D eigenvalue weighted by atomic mass is 10.1. The number of alkyl halides is 1. The molecule has 0 atom stereocenters. The molecule has 0 saturated carbocycles. The van der Waals surface area contributed by atoms with E-state index in [9.17, 15) is 4.39 Å². The van der Waals surface area contributed by atoms with Crippen molar-refractivity contribution in [3.8, 4) is 11.3 Å². The van der Waals surface area contributed by atoms with Gasteiger partial charge in [-0.2, -0.15) is 0 Å². The van der Waals surface area contributed by atoms with Gasteiger partial charge in [0.1, 0.15) is 5.65 Å². The van der Waals surface area contributed by atoms with Crippen LogP contribution in [0.15, 0.2) is 42.7 Å². The molecule has 3 nitrogen and oxygen atoms in total. The summed E-state index contributed by atoms with van der Waals surface area (Å²) in [5.74, 6) is 0. The number of pyridine rings is 1. The fourth-order valence-corrected chi connectivity index (χ4v) is 2.76. The molecule has 2 heterocycles. The summed E-state index contributed by atoms with van der Waals surface area (Å²) in [4.78, 5) is 6.79. The summed E-state index contributed by atoms with van der Waals surface area (Å²) in [6.45, 7) is 1.79. The summed E-state index contributed by atoms with van der Waals surface area (Å²) in [5.41, 5.74) is 6.51. The van der Waals surface area contributed by atoms with Crippen LogP contribution in [0.2, 0.25) is 0 Å². The van der Waals surface area contributed by atoms with Crippen LogP contribution in [0.1, 0.15) is 17.5 Å². The second kappa shape index (κ2) is 6.41. The average molecular weight is 311 g/mol. The van der Waals surface area contributed by atoms with E-state index in [-0.39, 0.29) is 6.67 Å². The molecule has 0 radical (unpaired) electrons. The van der Waals surface area contributed by atoms with Gasteiger partial charge in [0, 0.05) is 37.7 Å². The van der Waals surface area contributed by atoms with Crippen molar-refractivity contribution >= 4 is 11.3 Å². The maximum Gasteiger partial charge on any atom is 0.137 e. The molecule has 0 aliphatic rings. The molecule has 3 rings (SSSR count). The summed E-state index contributed by atoms with van der Waals surface area (Å²) in [7, 11) is 4.06. The maximum atomic E-state index is 12.4. The Labute approximate surface area is 136 Å². The number of halogens is 1. The van der Waals surface area contributed by atoms with Crippen LogP contribution in [0.4, 0.5) is 10.1 Å². The van der Waals surface area contributed by atoms with E-state index in [1.165, 1.54) is 16.8 Å². The molecule has 0 fully saturated rings. The Hall–Kier alpha value is -2.36. The lowest BCUT2D eigenvalue weighted by molar-refractivity contribution is 0.472. The molecular formula is C19H22FN3. The van der Waals surface area contributed by atoms with E-state index in [1.807, 2.05) is 24.7 Å². The van der Waals surface area contributed by atoms with E-state index < -0.39 is 0 Å². The first-order valence-electron chi connectivity index (χ1n) is 7.90. The van der Waals surface area contributed by atoms with Crippen molar-refractivity contribution in [3.05, 3.63) is 53.9 Å². The monoisotopic (exact) mass is 311 g/mol. The zero-order valence-corrected chi connectivity index (χ0v) is 13.9. The highest BCUT2D eigenvalue weighted by atomic mass is 19.1. The average Bonchev–Trinajstić information content (AvgIpc) is 2.95. The molecule has 0 aliphatic heterocycles. The number of imidazole rings is 1. The van der Waals surface area contributed by atoms with E-state index in [4.69, 9.17) is 4.98 Å². The van der Waals surface area contributed by atoms with E-state index in [0.29, 0.717) is 6.42 Å². The minimum absolute atomic E-state index is 0.273. The number of fused-ring (bicyclic) bond motifs is 1. The van der Waals surface area contributed by atoms with Crippen LogP contribution in [0, 0.1) is 6.92 Å². The number of hydrogen-bond donors (Lipinski definition) is 0. The van der Waals surface area contributed by atoms with Gasteiger partial charge in [0.2, 0.25) is 0 Å². The van der Waals surface area contributed by atoms with Crippen LogP contribution in [0.5, 0.6) is 0 Å². The Balaban J connectivity index is 1.96. The number of anilines is 1. The third-order valence-electron chi connectivity index (χ3n) is 4.17. The van der Waals surface area contributed by atoms with Gasteiger partial charge in [-0.1, -0.05) is 12.1 Å². The topological polar surface area (TPSA) is 20.5 Å². The third kappa shape index (κ3) is 3.21. The zero-order valence-electron chi connectivity index (χ0n) is 13.9. The van der Waals surface area contributed by atoms with Gasteiger partial charge in [-0.05, 0) is 49.1 Å². The first-order chi connectivity index (χ1) is 11.1. The summed E-state index contributed by atoms with van der Waals surface area (Å²) < 4.78 is 14.5. The van der Waals surface area contributed by atoms with Crippen LogP contribution in [0.25, 0.3) is 16.9 Å². The second-order valence-corrected chi connectivity index (χ2v) is 6.11. The molecular weight excluding hydrogens is 289 g/mol. The smallest absolute Gasteiger partial charge is 0.137 e. The SMILES string of the molecule is Cc1cc2nc(-c3ccc(N(C)C)cc3)cn2cc1CCCF. The van der Waals surface area contributed by atoms with E-state index in [0.717, 1.165) is 23.3 Å². The zero-order chi connectivity index (χ0) is 16.4. The normalized spacial score (nSPS) is 11.1. The summed E-state index contributed by atoms with van der Waals surface area (Å²) in [6.07, 6.45) is 5.45. The molecule has 0 saturated heterocycles. The quantitative estimate of drug-likeness (QED) is 0.701. The van der Waals surface area contributed by atoms with E-state index in [1.54, 1.807) is 0 Å². The molecule has 0 bridgehead atoms. The molecule has 0 N–H and O–H groups in total. The van der Waals surface area contributed by atoms with Crippen LogP contribution in [0.3, 0.4) is 0 Å². The van der Waals surface area contributed by atoms with Gasteiger partial charge in [0.05, 0.1) is 12.4 Å². The summed E-state index contributed by atoms with van der Waals surface area (Å²) >= 11 is 0. The van der Waals surface area contributed by atoms with Crippen molar-refractivity contribution < 1.29 is 4.39 Å². The molecule has 0 spiro atoms. The van der Waals surface area contributed by atoms with Crippen molar-refractivity contribution in [1.82, 2.24) is 9.38 Å². The predicted octanol–water partition coefficient (Wildman–Crippen LogP) is 4.28. The Morgan fingerprint density at radius 3 is 2.52 bits per heavy atom. The summed E-state index contributed by atoms with van der Waals surface area (Å²) in [5, 5.41) is 0. The molecule has 2 aromatic heterocycles. The second-order valence-electron chi connectivity index (χ2n) is 6.11. The molecule has 4 heteroatoms. The first kappa shape index (κ1) is 15.5. The highest BCUT2D eigenvalue weighted by Crippen LogP contribution is 2.23. The van der Waals surface area contributed by atoms with E-state index in [2.05, 4.69) is 48.4 Å². The van der Waals surface area contributed by atoms with Crippen molar-refractivity contribution in [2.24, 2.45) is 0 Å². The fraction of sp³-hybridized carbons (Fsp3) is 0.316. The molecule has 23 heavy (non-hydrogen) atoms.